The lowest BCUT2D eigenvalue weighted by Gasteiger charge is -2.15. The summed E-state index contributed by atoms with van der Waals surface area (Å²) >= 11 is 0. The Kier molecular flexibility index (Phi) is 4.04. The number of hydrogen-bond acceptors (Lipinski definition) is 4. The number of methoxy groups -OCH3 is 2. The largest absolute Gasteiger partial charge is 0.496 e. The average molecular weight is 250 g/mol. The molecule has 1 saturated heterocycles. The molecular formula is C13H18N2O3. The summed E-state index contributed by atoms with van der Waals surface area (Å²) < 4.78 is 10.4. The van der Waals surface area contributed by atoms with Crippen molar-refractivity contribution in [2.24, 2.45) is 0 Å². The van der Waals surface area contributed by atoms with Gasteiger partial charge < -0.3 is 20.1 Å². The molecule has 0 aromatic heterocycles. The highest BCUT2D eigenvalue weighted by atomic mass is 16.5. The van der Waals surface area contributed by atoms with E-state index in [1.807, 2.05) is 0 Å². The van der Waals surface area contributed by atoms with E-state index >= 15 is 0 Å². The highest BCUT2D eigenvalue weighted by molar-refractivity contribution is 5.99. The summed E-state index contributed by atoms with van der Waals surface area (Å²) in [6.07, 6.45) is 0.948. The van der Waals surface area contributed by atoms with Gasteiger partial charge in [-0.1, -0.05) is 6.07 Å². The van der Waals surface area contributed by atoms with Gasteiger partial charge in [-0.2, -0.15) is 0 Å². The van der Waals surface area contributed by atoms with Crippen LogP contribution in [0.15, 0.2) is 18.2 Å². The van der Waals surface area contributed by atoms with Crippen LogP contribution in [0.3, 0.4) is 0 Å². The zero-order valence-corrected chi connectivity index (χ0v) is 10.7. The maximum Gasteiger partial charge on any atom is 0.259 e. The molecule has 0 bridgehead atoms. The number of nitrogens with one attached hydrogen (secondary N) is 2. The molecule has 98 valence electrons. The summed E-state index contributed by atoms with van der Waals surface area (Å²) in [4.78, 5) is 12.3. The third-order valence-electron chi connectivity index (χ3n) is 3.05. The molecule has 2 rings (SSSR count). The van der Waals surface area contributed by atoms with Gasteiger partial charge in [0.15, 0.2) is 0 Å². The standard InChI is InChI=1S/C13H18N2O3/c1-17-10-4-3-5-11(18-2)12(10)13(16)15-9-6-7-14-8-9/h3-5,9,14H,6-8H2,1-2H3,(H,15,16)/t9-/m1/s1. The van der Waals surface area contributed by atoms with Crippen molar-refractivity contribution in [1.82, 2.24) is 10.6 Å². The first-order valence-electron chi connectivity index (χ1n) is 5.99. The van der Waals surface area contributed by atoms with Gasteiger partial charge in [0.2, 0.25) is 0 Å². The van der Waals surface area contributed by atoms with Crippen LogP contribution >= 0.6 is 0 Å². The average Bonchev–Trinajstić information content (AvgIpc) is 2.90. The Morgan fingerprint density at radius 2 is 2.00 bits per heavy atom. The fraction of sp³-hybridized carbons (Fsp3) is 0.462. The minimum Gasteiger partial charge on any atom is -0.496 e. The van der Waals surface area contributed by atoms with Crippen molar-refractivity contribution < 1.29 is 14.3 Å². The Morgan fingerprint density at radius 3 is 2.50 bits per heavy atom. The maximum absolute atomic E-state index is 12.3. The number of amides is 1. The normalized spacial score (nSPS) is 18.4. The topological polar surface area (TPSA) is 59.6 Å². The first-order valence-corrected chi connectivity index (χ1v) is 5.99. The molecule has 1 fully saturated rings. The van der Waals surface area contributed by atoms with Gasteiger partial charge in [0.05, 0.1) is 14.2 Å². The Labute approximate surface area is 106 Å². The molecule has 5 nitrogen and oxygen atoms in total. The summed E-state index contributed by atoms with van der Waals surface area (Å²) in [7, 11) is 3.09. The highest BCUT2D eigenvalue weighted by Crippen LogP contribution is 2.28. The van der Waals surface area contributed by atoms with E-state index in [1.165, 1.54) is 0 Å². The van der Waals surface area contributed by atoms with E-state index in [1.54, 1.807) is 32.4 Å². The van der Waals surface area contributed by atoms with Gasteiger partial charge >= 0.3 is 0 Å². The third-order valence-corrected chi connectivity index (χ3v) is 3.05. The van der Waals surface area contributed by atoms with Crippen molar-refractivity contribution in [2.45, 2.75) is 12.5 Å². The molecule has 1 heterocycles. The van der Waals surface area contributed by atoms with Crippen LogP contribution in [0, 0.1) is 0 Å². The summed E-state index contributed by atoms with van der Waals surface area (Å²) in [5.41, 5.74) is 0.453. The number of rotatable bonds is 4. The predicted octanol–water partition coefficient (Wildman–Crippen LogP) is 0.795. The Morgan fingerprint density at radius 1 is 1.33 bits per heavy atom. The van der Waals surface area contributed by atoms with E-state index in [-0.39, 0.29) is 11.9 Å². The predicted molar refractivity (Wildman–Crippen MR) is 68.3 cm³/mol. The number of carbonyl (C=O) groups excluding carboxylic acids is 1. The van der Waals surface area contributed by atoms with Crippen molar-refractivity contribution in [2.75, 3.05) is 27.3 Å². The molecule has 0 aliphatic carbocycles. The summed E-state index contributed by atoms with van der Waals surface area (Å²) in [6, 6.07) is 5.48. The molecule has 5 heteroatoms. The molecule has 1 aliphatic heterocycles. The van der Waals surface area contributed by atoms with E-state index < -0.39 is 0 Å². The van der Waals surface area contributed by atoms with Crippen molar-refractivity contribution in [3.63, 3.8) is 0 Å². The number of hydrogen-bond donors (Lipinski definition) is 2. The zero-order chi connectivity index (χ0) is 13.0. The van der Waals surface area contributed by atoms with E-state index in [4.69, 9.17) is 9.47 Å². The van der Waals surface area contributed by atoms with Gasteiger partial charge in [-0.15, -0.1) is 0 Å². The van der Waals surface area contributed by atoms with Crippen LogP contribution in [-0.2, 0) is 0 Å². The number of carbonyl (C=O) groups is 1. The summed E-state index contributed by atoms with van der Waals surface area (Å²) in [5, 5.41) is 6.19. The smallest absolute Gasteiger partial charge is 0.259 e. The van der Waals surface area contributed by atoms with Crippen molar-refractivity contribution >= 4 is 5.91 Å². The molecule has 1 aromatic carbocycles. The van der Waals surface area contributed by atoms with Crippen molar-refractivity contribution in [3.8, 4) is 11.5 Å². The molecule has 18 heavy (non-hydrogen) atoms. The van der Waals surface area contributed by atoms with Crippen LogP contribution in [0.4, 0.5) is 0 Å². The van der Waals surface area contributed by atoms with E-state index in [0.29, 0.717) is 17.1 Å². The van der Waals surface area contributed by atoms with E-state index in [0.717, 1.165) is 19.5 Å². The van der Waals surface area contributed by atoms with E-state index in [9.17, 15) is 4.79 Å². The molecule has 1 aromatic rings. The fourth-order valence-corrected chi connectivity index (χ4v) is 2.11. The number of ether oxygens (including phenoxy) is 2. The third kappa shape index (κ3) is 2.56. The maximum atomic E-state index is 12.3. The van der Waals surface area contributed by atoms with Crippen molar-refractivity contribution in [1.29, 1.82) is 0 Å². The van der Waals surface area contributed by atoms with E-state index in [2.05, 4.69) is 10.6 Å². The first-order chi connectivity index (χ1) is 8.76. The molecule has 2 N–H and O–H groups in total. The van der Waals surface area contributed by atoms with Crippen LogP contribution in [0.5, 0.6) is 11.5 Å². The lowest BCUT2D eigenvalue weighted by molar-refractivity contribution is 0.0934. The minimum atomic E-state index is -0.155. The van der Waals surface area contributed by atoms with Gasteiger partial charge in [-0.3, -0.25) is 4.79 Å². The quantitative estimate of drug-likeness (QED) is 0.829. The van der Waals surface area contributed by atoms with Gasteiger partial charge in [-0.25, -0.2) is 0 Å². The summed E-state index contributed by atoms with van der Waals surface area (Å²) in [5.74, 6) is 0.897. The second-order valence-corrected chi connectivity index (χ2v) is 4.20. The lowest BCUT2D eigenvalue weighted by Crippen LogP contribution is -2.36. The second-order valence-electron chi connectivity index (χ2n) is 4.20. The first kappa shape index (κ1) is 12.7. The molecule has 0 spiro atoms. The van der Waals surface area contributed by atoms with Crippen LogP contribution in [-0.4, -0.2) is 39.3 Å². The van der Waals surface area contributed by atoms with Crippen LogP contribution < -0.4 is 20.1 Å². The molecule has 0 unspecified atom stereocenters. The lowest BCUT2D eigenvalue weighted by atomic mass is 10.1. The molecule has 0 radical (unpaired) electrons. The fourth-order valence-electron chi connectivity index (χ4n) is 2.11. The minimum absolute atomic E-state index is 0.155. The van der Waals surface area contributed by atoms with Crippen LogP contribution in [0.25, 0.3) is 0 Å². The van der Waals surface area contributed by atoms with Gasteiger partial charge in [0.1, 0.15) is 17.1 Å². The highest BCUT2D eigenvalue weighted by Gasteiger charge is 2.22. The van der Waals surface area contributed by atoms with Gasteiger partial charge in [0.25, 0.3) is 5.91 Å². The molecular weight excluding hydrogens is 232 g/mol. The molecule has 0 saturated carbocycles. The Balaban J connectivity index is 2.21. The number of benzene rings is 1. The van der Waals surface area contributed by atoms with Crippen LogP contribution in [0.2, 0.25) is 0 Å². The molecule has 1 amide bonds. The van der Waals surface area contributed by atoms with Crippen molar-refractivity contribution in [3.05, 3.63) is 23.8 Å². The second kappa shape index (κ2) is 5.73. The Bertz CT molecular complexity index is 406. The SMILES string of the molecule is COc1cccc(OC)c1C(=O)N[C@@H]1CCNC1. The summed E-state index contributed by atoms with van der Waals surface area (Å²) in [6.45, 7) is 1.75. The zero-order valence-electron chi connectivity index (χ0n) is 10.7. The Hall–Kier alpha value is -1.75. The van der Waals surface area contributed by atoms with Gasteiger partial charge in [0, 0.05) is 12.6 Å². The molecule has 1 aliphatic rings. The monoisotopic (exact) mass is 250 g/mol. The van der Waals surface area contributed by atoms with Gasteiger partial charge in [-0.05, 0) is 25.1 Å². The van der Waals surface area contributed by atoms with Crippen LogP contribution in [0.1, 0.15) is 16.8 Å². The molecule has 1 atom stereocenters.